The number of aliphatic hydroxyl groups is 1. The summed E-state index contributed by atoms with van der Waals surface area (Å²) in [6.45, 7) is 11.1. The third kappa shape index (κ3) is 4.86. The highest BCUT2D eigenvalue weighted by molar-refractivity contribution is 5.41. The third-order valence-electron chi connectivity index (χ3n) is 1.47. The first-order chi connectivity index (χ1) is 6.11. The van der Waals surface area contributed by atoms with Gasteiger partial charge in [-0.15, -0.1) is 0 Å². The van der Waals surface area contributed by atoms with Crippen molar-refractivity contribution in [2.45, 2.75) is 13.8 Å². The van der Waals surface area contributed by atoms with E-state index in [9.17, 15) is 5.11 Å². The predicted octanol–water partition coefficient (Wildman–Crippen LogP) is 3.69. The standard InChI is InChI=1S/C12H16O/c1-5-7-8-11(10(3)4)9-12(13)6-2/h5-9,13H,2-3H2,1,4H3/b7-5-,11-8-,12-9+. The van der Waals surface area contributed by atoms with Crippen molar-refractivity contribution in [2.24, 2.45) is 0 Å². The molecule has 0 aromatic rings. The predicted molar refractivity (Wildman–Crippen MR) is 58.6 cm³/mol. The molecule has 0 unspecified atom stereocenters. The first-order valence-corrected chi connectivity index (χ1v) is 4.13. The lowest BCUT2D eigenvalue weighted by Gasteiger charge is -1.99. The first-order valence-electron chi connectivity index (χ1n) is 4.13. The smallest absolute Gasteiger partial charge is 0.115 e. The Morgan fingerprint density at radius 2 is 2.00 bits per heavy atom. The maximum atomic E-state index is 9.21. The number of aliphatic hydroxyl groups excluding tert-OH is 1. The Balaban J connectivity index is 4.83. The van der Waals surface area contributed by atoms with E-state index >= 15 is 0 Å². The Labute approximate surface area is 80.1 Å². The number of hydrogen-bond donors (Lipinski definition) is 1. The van der Waals surface area contributed by atoms with E-state index in [1.165, 1.54) is 6.08 Å². The lowest BCUT2D eigenvalue weighted by molar-refractivity contribution is 0.432. The molecule has 0 radical (unpaired) electrons. The van der Waals surface area contributed by atoms with E-state index in [1.807, 2.05) is 32.1 Å². The van der Waals surface area contributed by atoms with E-state index in [0.717, 1.165) is 11.1 Å². The Kier molecular flexibility index (Phi) is 5.37. The Morgan fingerprint density at radius 3 is 2.38 bits per heavy atom. The largest absolute Gasteiger partial charge is 0.508 e. The van der Waals surface area contributed by atoms with E-state index in [2.05, 4.69) is 13.2 Å². The van der Waals surface area contributed by atoms with Crippen LogP contribution < -0.4 is 0 Å². The quantitative estimate of drug-likeness (QED) is 0.511. The van der Waals surface area contributed by atoms with E-state index in [-0.39, 0.29) is 5.76 Å². The Hall–Kier alpha value is -1.50. The first kappa shape index (κ1) is 11.5. The molecule has 1 nitrogen and oxygen atoms in total. The van der Waals surface area contributed by atoms with Crippen LogP contribution in [0.3, 0.4) is 0 Å². The molecule has 0 aromatic carbocycles. The lowest BCUT2D eigenvalue weighted by Crippen LogP contribution is -1.82. The zero-order valence-corrected chi connectivity index (χ0v) is 8.25. The van der Waals surface area contributed by atoms with Crippen LogP contribution in [0.5, 0.6) is 0 Å². The summed E-state index contributed by atoms with van der Waals surface area (Å²) >= 11 is 0. The second kappa shape index (κ2) is 6.06. The van der Waals surface area contributed by atoms with Crippen LogP contribution in [-0.4, -0.2) is 5.11 Å². The summed E-state index contributed by atoms with van der Waals surface area (Å²) < 4.78 is 0. The molecular weight excluding hydrogens is 160 g/mol. The van der Waals surface area contributed by atoms with Crippen LogP contribution in [-0.2, 0) is 0 Å². The minimum atomic E-state index is 0.152. The van der Waals surface area contributed by atoms with E-state index in [1.54, 1.807) is 6.08 Å². The highest BCUT2D eigenvalue weighted by Crippen LogP contribution is 2.10. The zero-order chi connectivity index (χ0) is 10.3. The molecule has 1 heteroatoms. The summed E-state index contributed by atoms with van der Waals surface area (Å²) in [6, 6.07) is 0. The summed E-state index contributed by atoms with van der Waals surface area (Å²) in [7, 11) is 0. The molecule has 0 aliphatic rings. The number of hydrogen-bond acceptors (Lipinski definition) is 1. The van der Waals surface area contributed by atoms with Crippen molar-refractivity contribution in [3.63, 3.8) is 0 Å². The molecule has 0 saturated carbocycles. The van der Waals surface area contributed by atoms with E-state index in [4.69, 9.17) is 0 Å². The number of rotatable bonds is 4. The molecule has 13 heavy (non-hydrogen) atoms. The van der Waals surface area contributed by atoms with Crippen LogP contribution in [0.4, 0.5) is 0 Å². The molecule has 1 N–H and O–H groups in total. The van der Waals surface area contributed by atoms with Crippen LogP contribution in [0.1, 0.15) is 13.8 Å². The fourth-order valence-corrected chi connectivity index (χ4v) is 0.732. The normalized spacial score (nSPS) is 13.4. The summed E-state index contributed by atoms with van der Waals surface area (Å²) in [5.41, 5.74) is 1.81. The summed E-state index contributed by atoms with van der Waals surface area (Å²) in [5.74, 6) is 0.152. The topological polar surface area (TPSA) is 20.2 Å². The Morgan fingerprint density at radius 1 is 1.38 bits per heavy atom. The van der Waals surface area contributed by atoms with Gasteiger partial charge in [0.15, 0.2) is 0 Å². The van der Waals surface area contributed by atoms with Gasteiger partial charge in [0, 0.05) is 0 Å². The molecule has 0 saturated heterocycles. The second-order valence-electron chi connectivity index (χ2n) is 2.70. The maximum Gasteiger partial charge on any atom is 0.115 e. The van der Waals surface area contributed by atoms with Gasteiger partial charge in [0.2, 0.25) is 0 Å². The van der Waals surface area contributed by atoms with Crippen molar-refractivity contribution in [3.05, 3.63) is 60.4 Å². The lowest BCUT2D eigenvalue weighted by atomic mass is 10.1. The highest BCUT2D eigenvalue weighted by Gasteiger charge is 1.93. The van der Waals surface area contributed by atoms with Crippen molar-refractivity contribution in [1.29, 1.82) is 0 Å². The molecule has 0 rings (SSSR count). The average Bonchev–Trinajstić information content (AvgIpc) is 2.11. The molecular formula is C12H16O. The minimum absolute atomic E-state index is 0.152. The summed E-state index contributed by atoms with van der Waals surface area (Å²) in [6.07, 6.45) is 8.74. The summed E-state index contributed by atoms with van der Waals surface area (Å²) in [4.78, 5) is 0. The molecule has 0 heterocycles. The van der Waals surface area contributed by atoms with Gasteiger partial charge in [0.05, 0.1) is 0 Å². The molecule has 0 spiro atoms. The van der Waals surface area contributed by atoms with Crippen molar-refractivity contribution in [3.8, 4) is 0 Å². The molecule has 0 aliphatic carbocycles. The van der Waals surface area contributed by atoms with Crippen LogP contribution in [0, 0.1) is 0 Å². The molecule has 70 valence electrons. The van der Waals surface area contributed by atoms with Crippen molar-refractivity contribution < 1.29 is 5.11 Å². The van der Waals surface area contributed by atoms with Crippen LogP contribution in [0.25, 0.3) is 0 Å². The van der Waals surface area contributed by atoms with Gasteiger partial charge in [0.25, 0.3) is 0 Å². The maximum absolute atomic E-state index is 9.21. The van der Waals surface area contributed by atoms with Crippen molar-refractivity contribution in [1.82, 2.24) is 0 Å². The minimum Gasteiger partial charge on any atom is -0.508 e. The highest BCUT2D eigenvalue weighted by atomic mass is 16.3. The molecule has 0 fully saturated rings. The van der Waals surface area contributed by atoms with Gasteiger partial charge in [-0.05, 0) is 31.6 Å². The zero-order valence-electron chi connectivity index (χ0n) is 8.25. The van der Waals surface area contributed by atoms with Crippen molar-refractivity contribution in [2.75, 3.05) is 0 Å². The van der Waals surface area contributed by atoms with E-state index < -0.39 is 0 Å². The molecule has 0 atom stereocenters. The van der Waals surface area contributed by atoms with Crippen LogP contribution in [0.2, 0.25) is 0 Å². The molecule has 0 amide bonds. The van der Waals surface area contributed by atoms with Crippen molar-refractivity contribution >= 4 is 0 Å². The van der Waals surface area contributed by atoms with Gasteiger partial charge in [-0.3, -0.25) is 0 Å². The molecule has 0 aliphatic heterocycles. The van der Waals surface area contributed by atoms with Gasteiger partial charge < -0.3 is 5.11 Å². The van der Waals surface area contributed by atoms with Gasteiger partial charge >= 0.3 is 0 Å². The third-order valence-corrected chi connectivity index (χ3v) is 1.47. The second-order valence-corrected chi connectivity index (χ2v) is 2.70. The fraction of sp³-hybridized carbons (Fsp3) is 0.167. The van der Waals surface area contributed by atoms with Crippen LogP contribution in [0.15, 0.2) is 60.4 Å². The monoisotopic (exact) mass is 176 g/mol. The summed E-state index contributed by atoms with van der Waals surface area (Å²) in [5, 5.41) is 9.21. The van der Waals surface area contributed by atoms with E-state index in [0.29, 0.717) is 0 Å². The fourth-order valence-electron chi connectivity index (χ4n) is 0.732. The average molecular weight is 176 g/mol. The van der Waals surface area contributed by atoms with Crippen LogP contribution >= 0.6 is 0 Å². The van der Waals surface area contributed by atoms with Gasteiger partial charge in [-0.2, -0.15) is 0 Å². The Bertz CT molecular complexity index is 277. The SMILES string of the molecule is C=C\C(O)=C/C(=C/C=C\C)C(=C)C. The van der Waals surface area contributed by atoms with Gasteiger partial charge in [-0.1, -0.05) is 37.0 Å². The van der Waals surface area contributed by atoms with Gasteiger partial charge in [-0.25, -0.2) is 0 Å². The molecule has 0 aromatic heterocycles. The number of allylic oxidation sites excluding steroid dienone is 7. The van der Waals surface area contributed by atoms with Gasteiger partial charge in [0.1, 0.15) is 5.76 Å². The molecule has 0 bridgehead atoms.